The van der Waals surface area contributed by atoms with E-state index in [1.165, 1.54) is 244 Å². The van der Waals surface area contributed by atoms with E-state index in [0.717, 1.165) is 44.9 Å². The third kappa shape index (κ3) is 36.3. The topological polar surface area (TPSA) is 307 Å². The number of ether oxygens (including phenoxy) is 6. The number of hydrogen-bond donors (Lipinski definition) is 12. The third-order valence-corrected chi connectivity index (χ3v) is 19.4. The minimum absolute atomic E-state index is 0.235. The number of carbonyl (C=O) groups is 1. The van der Waals surface area contributed by atoms with Crippen LogP contribution in [0.15, 0.2) is 0 Å². The highest BCUT2D eigenvalue weighted by molar-refractivity contribution is 5.76. The smallest absolute Gasteiger partial charge is 0.220 e. The van der Waals surface area contributed by atoms with Crippen LogP contribution in [0, 0.1) is 0 Å². The lowest BCUT2D eigenvalue weighted by Crippen LogP contribution is -2.66. The molecular formula is C72H139NO18. The zero-order valence-electron chi connectivity index (χ0n) is 57.4. The number of aliphatic hydroxyl groups is 11. The van der Waals surface area contributed by atoms with Crippen molar-refractivity contribution in [3.63, 3.8) is 0 Å². The SMILES string of the molecule is CCCCCCCCCCCCCCCCCCCCCCCCCCCCCCC(O)C(COC1OC(CO)C(OC2OC(CO)C(OC3OC(CO)C(O)C(O)C3O)C(O)C2O)C(O)C1O)NC(=O)CCCCCCCCCCCCCCCCCCCC. The van der Waals surface area contributed by atoms with Crippen LogP contribution < -0.4 is 5.32 Å². The molecule has 3 aliphatic heterocycles. The Morgan fingerprint density at radius 2 is 0.626 bits per heavy atom. The molecule has 0 aromatic rings. The summed E-state index contributed by atoms with van der Waals surface area (Å²) in [7, 11) is 0. The average molecular weight is 1310 g/mol. The number of amides is 1. The van der Waals surface area contributed by atoms with Crippen molar-refractivity contribution in [2.75, 3.05) is 26.4 Å². The van der Waals surface area contributed by atoms with Crippen LogP contribution in [0.4, 0.5) is 0 Å². The number of rotatable bonds is 60. The van der Waals surface area contributed by atoms with Crippen LogP contribution in [-0.4, -0.2) is 193 Å². The largest absolute Gasteiger partial charge is 0.394 e. The van der Waals surface area contributed by atoms with Gasteiger partial charge >= 0.3 is 0 Å². The first kappa shape index (κ1) is 84.0. The van der Waals surface area contributed by atoms with Crippen LogP contribution in [0.2, 0.25) is 0 Å². The Labute approximate surface area is 551 Å². The van der Waals surface area contributed by atoms with Crippen molar-refractivity contribution >= 4 is 5.91 Å². The van der Waals surface area contributed by atoms with E-state index < -0.39 is 124 Å². The van der Waals surface area contributed by atoms with Crippen molar-refractivity contribution in [2.45, 2.75) is 426 Å². The van der Waals surface area contributed by atoms with E-state index in [9.17, 15) is 61.0 Å². The zero-order chi connectivity index (χ0) is 66.1. The van der Waals surface area contributed by atoms with Gasteiger partial charge in [-0.15, -0.1) is 0 Å². The standard InChI is InChI=1S/C72H139NO18/c1-3-5-7-9-11-13-15-17-19-21-23-24-25-26-27-28-29-30-31-32-33-35-37-39-41-43-45-47-49-56(77)55(73-60(78)50-48-46-44-42-40-38-36-34-22-20-18-16-14-12-10-8-6-4-2)54-86-70-66(84)63(81)68(58(52-75)88-70)91-72-67(85)64(82)69(59(53-76)89-72)90-71-65(83)62(80)61(79)57(51-74)87-71/h55-59,61-72,74-77,79-85H,3-54H2,1-2H3,(H,73,78). The number of aliphatic hydroxyl groups excluding tert-OH is 11. The molecule has 540 valence electrons. The van der Waals surface area contributed by atoms with E-state index >= 15 is 0 Å². The second-order valence-corrected chi connectivity index (χ2v) is 27.5. The third-order valence-electron chi connectivity index (χ3n) is 19.4. The Balaban J connectivity index is 1.38. The van der Waals surface area contributed by atoms with Gasteiger partial charge in [0.25, 0.3) is 0 Å². The molecule has 3 rings (SSSR count). The minimum atomic E-state index is -1.97. The molecular weight excluding hydrogens is 1170 g/mol. The molecule has 91 heavy (non-hydrogen) atoms. The van der Waals surface area contributed by atoms with Crippen LogP contribution in [0.5, 0.6) is 0 Å². The molecule has 0 radical (unpaired) electrons. The van der Waals surface area contributed by atoms with Gasteiger partial charge in [0, 0.05) is 6.42 Å². The summed E-state index contributed by atoms with van der Waals surface area (Å²) < 4.78 is 34.5. The van der Waals surface area contributed by atoms with E-state index in [4.69, 9.17) is 28.4 Å². The maximum atomic E-state index is 13.4. The summed E-state index contributed by atoms with van der Waals surface area (Å²) >= 11 is 0. The van der Waals surface area contributed by atoms with Crippen molar-refractivity contribution in [3.05, 3.63) is 0 Å². The predicted octanol–water partition coefficient (Wildman–Crippen LogP) is 11.1. The molecule has 19 nitrogen and oxygen atoms in total. The molecule has 0 spiro atoms. The Kier molecular flexibility index (Phi) is 50.6. The van der Waals surface area contributed by atoms with E-state index in [2.05, 4.69) is 19.2 Å². The van der Waals surface area contributed by atoms with Crippen LogP contribution in [-0.2, 0) is 33.2 Å². The van der Waals surface area contributed by atoms with Gasteiger partial charge in [-0.05, 0) is 12.8 Å². The van der Waals surface area contributed by atoms with Gasteiger partial charge in [0.1, 0.15) is 73.2 Å². The number of hydrogen-bond acceptors (Lipinski definition) is 18. The Morgan fingerprint density at radius 3 is 0.956 bits per heavy atom. The van der Waals surface area contributed by atoms with Gasteiger partial charge in [0.15, 0.2) is 18.9 Å². The lowest BCUT2D eigenvalue weighted by atomic mass is 9.96. The molecule has 0 aromatic carbocycles. The number of nitrogens with one attached hydrogen (secondary N) is 1. The van der Waals surface area contributed by atoms with E-state index in [-0.39, 0.29) is 18.9 Å². The van der Waals surface area contributed by atoms with E-state index in [1.807, 2.05) is 0 Å². The maximum Gasteiger partial charge on any atom is 0.220 e. The molecule has 0 saturated carbocycles. The monoisotopic (exact) mass is 1310 g/mol. The van der Waals surface area contributed by atoms with Crippen molar-refractivity contribution in [1.29, 1.82) is 0 Å². The Bertz CT molecular complexity index is 1650. The summed E-state index contributed by atoms with van der Waals surface area (Å²) in [4.78, 5) is 13.4. The first-order valence-electron chi connectivity index (χ1n) is 37.8. The van der Waals surface area contributed by atoms with Gasteiger partial charge in [0.05, 0.1) is 38.6 Å². The molecule has 17 atom stereocenters. The zero-order valence-corrected chi connectivity index (χ0v) is 57.4. The fourth-order valence-electron chi connectivity index (χ4n) is 13.3. The summed E-state index contributed by atoms with van der Waals surface area (Å²) in [5, 5.41) is 121. The molecule has 0 bridgehead atoms. The normalized spacial score (nSPS) is 27.8. The first-order chi connectivity index (χ1) is 44.3. The van der Waals surface area contributed by atoms with Gasteiger partial charge in [-0.3, -0.25) is 4.79 Å². The lowest BCUT2D eigenvalue weighted by Gasteiger charge is -2.48. The fraction of sp³-hybridized carbons (Fsp3) is 0.986. The minimum Gasteiger partial charge on any atom is -0.394 e. The van der Waals surface area contributed by atoms with Crippen molar-refractivity contribution in [1.82, 2.24) is 5.32 Å². The van der Waals surface area contributed by atoms with Crippen LogP contribution in [0.1, 0.15) is 322 Å². The van der Waals surface area contributed by atoms with Gasteiger partial charge < -0.3 is 89.9 Å². The highest BCUT2D eigenvalue weighted by Crippen LogP contribution is 2.33. The average Bonchev–Trinajstić information content (AvgIpc) is 0.885. The molecule has 1 amide bonds. The highest BCUT2D eigenvalue weighted by Gasteiger charge is 2.53. The summed E-state index contributed by atoms with van der Waals surface area (Å²) in [6.45, 7) is 1.86. The Hall–Kier alpha value is -1.21. The second-order valence-electron chi connectivity index (χ2n) is 27.5. The highest BCUT2D eigenvalue weighted by atomic mass is 16.8. The Morgan fingerprint density at radius 1 is 0.352 bits per heavy atom. The van der Waals surface area contributed by atoms with Crippen LogP contribution in [0.3, 0.4) is 0 Å². The van der Waals surface area contributed by atoms with Crippen LogP contribution >= 0.6 is 0 Å². The number of unbranched alkanes of at least 4 members (excludes halogenated alkanes) is 44. The summed E-state index contributed by atoms with van der Waals surface area (Å²) in [6.07, 6.45) is 33.3. The molecule has 17 unspecified atom stereocenters. The van der Waals surface area contributed by atoms with E-state index in [1.54, 1.807) is 0 Å². The quantitative estimate of drug-likeness (QED) is 0.0252. The van der Waals surface area contributed by atoms with Gasteiger partial charge in [0.2, 0.25) is 5.91 Å². The molecule has 0 aliphatic carbocycles. The predicted molar refractivity (Wildman–Crippen MR) is 356 cm³/mol. The maximum absolute atomic E-state index is 13.4. The summed E-state index contributed by atoms with van der Waals surface area (Å²) in [6, 6.07) is -0.882. The van der Waals surface area contributed by atoms with Gasteiger partial charge in [-0.1, -0.05) is 303 Å². The molecule has 19 heteroatoms. The molecule has 0 aromatic heterocycles. The van der Waals surface area contributed by atoms with Crippen molar-refractivity contribution in [2.24, 2.45) is 0 Å². The second kappa shape index (κ2) is 54.8. The molecule has 3 aliphatic rings. The first-order valence-corrected chi connectivity index (χ1v) is 37.8. The van der Waals surface area contributed by atoms with Crippen molar-refractivity contribution < 1.29 is 89.4 Å². The van der Waals surface area contributed by atoms with Crippen LogP contribution in [0.25, 0.3) is 0 Å². The van der Waals surface area contributed by atoms with Gasteiger partial charge in [-0.2, -0.15) is 0 Å². The molecule has 3 heterocycles. The van der Waals surface area contributed by atoms with E-state index in [0.29, 0.717) is 12.8 Å². The van der Waals surface area contributed by atoms with Crippen molar-refractivity contribution in [3.8, 4) is 0 Å². The lowest BCUT2D eigenvalue weighted by molar-refractivity contribution is -0.379. The van der Waals surface area contributed by atoms with Gasteiger partial charge in [-0.25, -0.2) is 0 Å². The summed E-state index contributed by atoms with van der Waals surface area (Å²) in [5.74, 6) is -0.235. The molecule has 3 fully saturated rings. The fourth-order valence-corrected chi connectivity index (χ4v) is 13.3. The summed E-state index contributed by atoms with van der Waals surface area (Å²) in [5.41, 5.74) is 0. The molecule has 12 N–H and O–H groups in total. The number of carbonyl (C=O) groups excluding carboxylic acids is 1. The molecule has 3 saturated heterocycles.